The topological polar surface area (TPSA) is 37.4 Å². The number of rotatable bonds is 2. The van der Waals surface area contributed by atoms with Crippen molar-refractivity contribution in [3.63, 3.8) is 0 Å². The molecule has 0 amide bonds. The van der Waals surface area contributed by atoms with Crippen molar-refractivity contribution in [2.75, 3.05) is 18.8 Å². The van der Waals surface area contributed by atoms with Crippen LogP contribution in [0.3, 0.4) is 0 Å². The molecule has 0 aromatic heterocycles. The van der Waals surface area contributed by atoms with Crippen molar-refractivity contribution in [3.8, 4) is 0 Å². The van der Waals surface area contributed by atoms with Crippen molar-refractivity contribution in [1.82, 2.24) is 4.31 Å². The number of hydrogen-bond donors (Lipinski definition) is 0. The summed E-state index contributed by atoms with van der Waals surface area (Å²) in [7, 11) is -3.12. The highest BCUT2D eigenvalue weighted by atomic mass is 32.2. The van der Waals surface area contributed by atoms with Crippen molar-refractivity contribution in [3.05, 3.63) is 70.8 Å². The molecule has 2 unspecified atom stereocenters. The van der Waals surface area contributed by atoms with Crippen molar-refractivity contribution in [2.45, 2.75) is 18.8 Å². The van der Waals surface area contributed by atoms with Gasteiger partial charge in [-0.25, -0.2) is 12.7 Å². The Balaban J connectivity index is 1.69. The fourth-order valence-corrected chi connectivity index (χ4v) is 6.51. The Hall–Kier alpha value is -1.65. The van der Waals surface area contributed by atoms with Crippen LogP contribution in [0.1, 0.15) is 41.0 Å². The van der Waals surface area contributed by atoms with Crippen LogP contribution in [0.25, 0.3) is 0 Å². The normalized spacial score (nSPS) is 30.7. The molecule has 4 aliphatic rings. The summed E-state index contributed by atoms with van der Waals surface area (Å²) in [6.07, 6.45) is 0. The zero-order valence-electron chi connectivity index (χ0n) is 13.7. The predicted octanol–water partition coefficient (Wildman–Crippen LogP) is 3.18. The van der Waals surface area contributed by atoms with E-state index in [2.05, 4.69) is 48.5 Å². The van der Waals surface area contributed by atoms with Crippen LogP contribution in [-0.4, -0.2) is 31.6 Å². The Labute approximate surface area is 143 Å². The lowest BCUT2D eigenvalue weighted by molar-refractivity contribution is 0.294. The Kier molecular flexibility index (Phi) is 3.01. The van der Waals surface area contributed by atoms with Gasteiger partial charge in [-0.05, 0) is 41.0 Å². The van der Waals surface area contributed by atoms with Crippen LogP contribution in [0, 0.1) is 11.8 Å². The predicted molar refractivity (Wildman–Crippen MR) is 94.6 cm³/mol. The molecule has 3 nitrogen and oxygen atoms in total. The quantitative estimate of drug-likeness (QED) is 0.843. The van der Waals surface area contributed by atoms with Crippen LogP contribution in [0.15, 0.2) is 48.5 Å². The molecule has 6 rings (SSSR count). The van der Waals surface area contributed by atoms with Crippen molar-refractivity contribution < 1.29 is 8.42 Å². The summed E-state index contributed by atoms with van der Waals surface area (Å²) in [5.74, 6) is 1.68. The molecule has 2 bridgehead atoms. The summed E-state index contributed by atoms with van der Waals surface area (Å²) in [4.78, 5) is 0. The zero-order chi connectivity index (χ0) is 16.5. The number of benzene rings is 2. The molecule has 1 fully saturated rings. The average molecular weight is 339 g/mol. The molecule has 0 radical (unpaired) electrons. The third kappa shape index (κ3) is 1.78. The molecule has 124 valence electrons. The lowest BCUT2D eigenvalue weighted by atomic mass is 9.55. The molecular formula is C20H21NO2S. The lowest BCUT2D eigenvalue weighted by Gasteiger charge is -2.47. The maximum atomic E-state index is 12.5. The molecule has 0 N–H and O–H groups in total. The fraction of sp³-hybridized carbons (Fsp3) is 0.400. The summed E-state index contributed by atoms with van der Waals surface area (Å²) >= 11 is 0. The summed E-state index contributed by atoms with van der Waals surface area (Å²) in [5.41, 5.74) is 5.66. The first kappa shape index (κ1) is 14.7. The standard InChI is InChI=1S/C20H21NO2S/c1-2-24(22,23)21-11-17-18(12-21)20-14-8-4-3-7-13(14)19(17)15-9-5-6-10-16(15)20/h3-10,17-20H,2,11-12H2,1H3. The van der Waals surface area contributed by atoms with E-state index in [0.717, 1.165) is 0 Å². The number of nitrogens with zero attached hydrogens (tertiary/aromatic N) is 1. The van der Waals surface area contributed by atoms with Crippen LogP contribution in [0.2, 0.25) is 0 Å². The van der Waals surface area contributed by atoms with Gasteiger partial charge in [0.05, 0.1) is 5.75 Å². The van der Waals surface area contributed by atoms with Gasteiger partial charge in [0.2, 0.25) is 10.0 Å². The van der Waals surface area contributed by atoms with Gasteiger partial charge in [0.15, 0.2) is 0 Å². The summed E-state index contributed by atoms with van der Waals surface area (Å²) in [6.45, 7) is 3.09. The molecule has 1 saturated heterocycles. The van der Waals surface area contributed by atoms with Crippen molar-refractivity contribution in [1.29, 1.82) is 0 Å². The Morgan fingerprint density at radius 1 is 0.833 bits per heavy atom. The first-order chi connectivity index (χ1) is 11.6. The molecule has 1 heterocycles. The molecule has 2 atom stereocenters. The van der Waals surface area contributed by atoms with Gasteiger partial charge in [0.1, 0.15) is 0 Å². The molecule has 2 aromatic carbocycles. The summed E-state index contributed by atoms with van der Waals surface area (Å²) in [6, 6.07) is 17.5. The molecule has 24 heavy (non-hydrogen) atoms. The van der Waals surface area contributed by atoms with Gasteiger partial charge in [0.25, 0.3) is 0 Å². The van der Waals surface area contributed by atoms with E-state index in [4.69, 9.17) is 0 Å². The van der Waals surface area contributed by atoms with E-state index in [1.54, 1.807) is 11.2 Å². The van der Waals surface area contributed by atoms with Crippen LogP contribution in [-0.2, 0) is 10.0 Å². The Bertz CT molecular complexity index is 815. The monoisotopic (exact) mass is 339 g/mol. The van der Waals surface area contributed by atoms with Gasteiger partial charge in [-0.15, -0.1) is 0 Å². The van der Waals surface area contributed by atoms with E-state index >= 15 is 0 Å². The molecule has 0 saturated carbocycles. The minimum Gasteiger partial charge on any atom is -0.212 e. The Morgan fingerprint density at radius 3 is 1.54 bits per heavy atom. The first-order valence-electron chi connectivity index (χ1n) is 8.77. The Morgan fingerprint density at radius 2 is 1.21 bits per heavy atom. The SMILES string of the molecule is CCS(=O)(=O)N1CC2C3c4ccccc4C(c4ccccc43)C2C1. The summed E-state index contributed by atoms with van der Waals surface area (Å²) in [5, 5.41) is 0. The largest absolute Gasteiger partial charge is 0.213 e. The van der Waals surface area contributed by atoms with Gasteiger partial charge in [-0.2, -0.15) is 0 Å². The minimum absolute atomic E-state index is 0.196. The molecule has 0 spiro atoms. The van der Waals surface area contributed by atoms with Gasteiger partial charge in [0, 0.05) is 24.9 Å². The van der Waals surface area contributed by atoms with Crippen LogP contribution in [0.4, 0.5) is 0 Å². The molecular weight excluding hydrogens is 318 g/mol. The van der Waals surface area contributed by atoms with Crippen LogP contribution < -0.4 is 0 Å². The third-order valence-electron chi connectivity index (χ3n) is 6.33. The lowest BCUT2D eigenvalue weighted by Crippen LogP contribution is -2.39. The van der Waals surface area contributed by atoms with Crippen molar-refractivity contribution >= 4 is 10.0 Å². The molecule has 1 aliphatic heterocycles. The maximum Gasteiger partial charge on any atom is 0.213 e. The molecule has 3 aliphatic carbocycles. The highest BCUT2D eigenvalue weighted by Crippen LogP contribution is 2.60. The van der Waals surface area contributed by atoms with E-state index in [1.165, 1.54) is 22.3 Å². The highest BCUT2D eigenvalue weighted by molar-refractivity contribution is 7.89. The van der Waals surface area contributed by atoms with Crippen molar-refractivity contribution in [2.24, 2.45) is 11.8 Å². The van der Waals surface area contributed by atoms with E-state index in [-0.39, 0.29) is 5.75 Å². The second kappa shape index (κ2) is 4.93. The number of hydrogen-bond acceptors (Lipinski definition) is 2. The van der Waals surface area contributed by atoms with E-state index in [9.17, 15) is 8.42 Å². The first-order valence-corrected chi connectivity index (χ1v) is 10.4. The van der Waals surface area contributed by atoms with E-state index < -0.39 is 10.0 Å². The maximum absolute atomic E-state index is 12.5. The summed E-state index contributed by atoms with van der Waals surface area (Å²) < 4.78 is 26.7. The third-order valence-corrected chi connectivity index (χ3v) is 8.14. The molecule has 2 aromatic rings. The highest BCUT2D eigenvalue weighted by Gasteiger charge is 2.54. The second-order valence-corrected chi connectivity index (χ2v) is 9.52. The fourth-order valence-electron chi connectivity index (χ4n) is 5.34. The van der Waals surface area contributed by atoms with Gasteiger partial charge in [-0.1, -0.05) is 48.5 Å². The van der Waals surface area contributed by atoms with Crippen LogP contribution >= 0.6 is 0 Å². The van der Waals surface area contributed by atoms with E-state index in [1.807, 2.05) is 0 Å². The second-order valence-electron chi connectivity index (χ2n) is 7.26. The zero-order valence-corrected chi connectivity index (χ0v) is 14.5. The minimum atomic E-state index is -3.12. The van der Waals surface area contributed by atoms with Gasteiger partial charge >= 0.3 is 0 Å². The van der Waals surface area contributed by atoms with Gasteiger partial charge in [-0.3, -0.25) is 0 Å². The van der Waals surface area contributed by atoms with Gasteiger partial charge < -0.3 is 0 Å². The van der Waals surface area contributed by atoms with Crippen LogP contribution in [0.5, 0.6) is 0 Å². The smallest absolute Gasteiger partial charge is 0.212 e. The molecule has 4 heteroatoms. The number of sulfonamides is 1. The van der Waals surface area contributed by atoms with E-state index in [0.29, 0.717) is 36.8 Å². The average Bonchev–Trinajstić information content (AvgIpc) is 3.08.